The molecule has 0 aliphatic carbocycles. The fourth-order valence-electron chi connectivity index (χ4n) is 2.15. The first-order valence-corrected chi connectivity index (χ1v) is 6.23. The maximum absolute atomic E-state index is 13.8. The van der Waals surface area contributed by atoms with Crippen molar-refractivity contribution < 1.29 is 9.13 Å². The summed E-state index contributed by atoms with van der Waals surface area (Å²) in [5, 5.41) is 3.21. The normalized spacial score (nSPS) is 12.2. The number of methoxy groups -OCH3 is 1. The Balaban J connectivity index is 2.36. The fraction of sp³-hybridized carbons (Fsp3) is 0.250. The highest BCUT2D eigenvalue weighted by molar-refractivity contribution is 5.37. The molecule has 0 aliphatic heterocycles. The molecule has 3 heteroatoms. The van der Waals surface area contributed by atoms with Crippen LogP contribution in [0.2, 0.25) is 0 Å². The molecule has 0 heterocycles. The average molecular weight is 259 g/mol. The molecule has 1 N–H and O–H groups in total. The lowest BCUT2D eigenvalue weighted by Crippen LogP contribution is -2.17. The van der Waals surface area contributed by atoms with Crippen LogP contribution < -0.4 is 10.1 Å². The lowest BCUT2D eigenvalue weighted by atomic mass is 9.98. The first-order valence-electron chi connectivity index (χ1n) is 6.23. The van der Waals surface area contributed by atoms with Crippen molar-refractivity contribution in [3.63, 3.8) is 0 Å². The number of aryl methyl sites for hydroxylation is 1. The number of rotatable bonds is 4. The first kappa shape index (κ1) is 13.6. The molecular formula is C16H18FNO. The average Bonchev–Trinajstić information content (AvgIpc) is 2.42. The number of nitrogens with one attached hydrogen (secondary N) is 1. The zero-order valence-electron chi connectivity index (χ0n) is 11.4. The molecular weight excluding hydrogens is 241 g/mol. The smallest absolute Gasteiger partial charge is 0.165 e. The summed E-state index contributed by atoms with van der Waals surface area (Å²) in [5.74, 6) is -0.0742. The Morgan fingerprint density at radius 1 is 1.05 bits per heavy atom. The molecule has 0 spiro atoms. The quantitative estimate of drug-likeness (QED) is 0.908. The Bertz CT molecular complexity index is 551. The minimum absolute atomic E-state index is 0.0268. The Kier molecular flexibility index (Phi) is 4.17. The Morgan fingerprint density at radius 3 is 2.21 bits per heavy atom. The molecule has 0 aromatic heterocycles. The maximum atomic E-state index is 13.8. The van der Waals surface area contributed by atoms with Gasteiger partial charge in [0.1, 0.15) is 0 Å². The molecule has 100 valence electrons. The van der Waals surface area contributed by atoms with E-state index in [9.17, 15) is 4.39 Å². The second-order valence-corrected chi connectivity index (χ2v) is 4.53. The molecule has 0 radical (unpaired) electrons. The van der Waals surface area contributed by atoms with Gasteiger partial charge in [-0.3, -0.25) is 0 Å². The van der Waals surface area contributed by atoms with E-state index in [2.05, 4.69) is 29.6 Å². The molecule has 0 amide bonds. The van der Waals surface area contributed by atoms with Crippen molar-refractivity contribution in [1.82, 2.24) is 5.32 Å². The summed E-state index contributed by atoms with van der Waals surface area (Å²) in [6.45, 7) is 2.05. The molecule has 2 rings (SSSR count). The summed E-state index contributed by atoms with van der Waals surface area (Å²) in [5.41, 5.74) is 3.20. The molecule has 2 nitrogen and oxygen atoms in total. The van der Waals surface area contributed by atoms with Crippen LogP contribution in [0.25, 0.3) is 0 Å². The zero-order valence-corrected chi connectivity index (χ0v) is 11.4. The third kappa shape index (κ3) is 2.93. The minimum atomic E-state index is -0.340. The van der Waals surface area contributed by atoms with E-state index in [1.54, 1.807) is 6.07 Å². The van der Waals surface area contributed by atoms with Crippen LogP contribution in [-0.4, -0.2) is 14.2 Å². The summed E-state index contributed by atoms with van der Waals surface area (Å²) < 4.78 is 18.7. The van der Waals surface area contributed by atoms with Crippen LogP contribution in [0.1, 0.15) is 22.7 Å². The molecule has 0 saturated carbocycles. The molecule has 0 bridgehead atoms. The van der Waals surface area contributed by atoms with Crippen LogP contribution in [-0.2, 0) is 0 Å². The largest absolute Gasteiger partial charge is 0.494 e. The SMILES string of the molecule is CNC(c1ccc(C)cc1)c1ccc(OC)c(F)c1. The monoisotopic (exact) mass is 259 g/mol. The van der Waals surface area contributed by atoms with Crippen LogP contribution in [0.3, 0.4) is 0 Å². The second kappa shape index (κ2) is 5.85. The standard InChI is InChI=1S/C16H18FNO/c1-11-4-6-12(7-5-11)16(18-2)13-8-9-15(19-3)14(17)10-13/h4-10,16,18H,1-3H3. The van der Waals surface area contributed by atoms with Crippen LogP contribution in [0, 0.1) is 12.7 Å². The summed E-state index contributed by atoms with van der Waals surface area (Å²) >= 11 is 0. The third-order valence-electron chi connectivity index (χ3n) is 3.21. The predicted octanol–water partition coefficient (Wildman–Crippen LogP) is 3.45. The topological polar surface area (TPSA) is 21.3 Å². The van der Waals surface area contributed by atoms with Crippen LogP contribution in [0.5, 0.6) is 5.75 Å². The van der Waals surface area contributed by atoms with Crippen molar-refractivity contribution in [2.75, 3.05) is 14.2 Å². The van der Waals surface area contributed by atoms with Crippen molar-refractivity contribution >= 4 is 0 Å². The third-order valence-corrected chi connectivity index (χ3v) is 3.21. The van der Waals surface area contributed by atoms with Crippen molar-refractivity contribution in [2.24, 2.45) is 0 Å². The Morgan fingerprint density at radius 2 is 1.68 bits per heavy atom. The van der Waals surface area contributed by atoms with Gasteiger partial charge in [0.25, 0.3) is 0 Å². The molecule has 0 aliphatic rings. The number of halogens is 1. The highest BCUT2D eigenvalue weighted by Crippen LogP contribution is 2.26. The highest BCUT2D eigenvalue weighted by atomic mass is 19.1. The van der Waals surface area contributed by atoms with E-state index in [-0.39, 0.29) is 17.6 Å². The van der Waals surface area contributed by atoms with E-state index in [1.807, 2.05) is 20.0 Å². The van der Waals surface area contributed by atoms with E-state index >= 15 is 0 Å². The zero-order chi connectivity index (χ0) is 13.8. The molecule has 0 fully saturated rings. The minimum Gasteiger partial charge on any atom is -0.494 e. The van der Waals surface area contributed by atoms with Gasteiger partial charge in [0.15, 0.2) is 11.6 Å². The van der Waals surface area contributed by atoms with Gasteiger partial charge in [0, 0.05) is 0 Å². The molecule has 1 unspecified atom stereocenters. The maximum Gasteiger partial charge on any atom is 0.165 e. The van der Waals surface area contributed by atoms with Crippen LogP contribution in [0.15, 0.2) is 42.5 Å². The van der Waals surface area contributed by atoms with Gasteiger partial charge >= 0.3 is 0 Å². The summed E-state index contributed by atoms with van der Waals surface area (Å²) in [6, 6.07) is 13.2. The van der Waals surface area contributed by atoms with Gasteiger partial charge in [0.05, 0.1) is 13.2 Å². The van der Waals surface area contributed by atoms with E-state index < -0.39 is 0 Å². The van der Waals surface area contributed by atoms with E-state index in [0.717, 1.165) is 11.1 Å². The second-order valence-electron chi connectivity index (χ2n) is 4.53. The van der Waals surface area contributed by atoms with E-state index in [1.165, 1.54) is 18.7 Å². The van der Waals surface area contributed by atoms with Crippen molar-refractivity contribution in [1.29, 1.82) is 0 Å². The number of hydrogen-bond acceptors (Lipinski definition) is 2. The molecule has 19 heavy (non-hydrogen) atoms. The van der Waals surface area contributed by atoms with E-state index in [0.29, 0.717) is 0 Å². The van der Waals surface area contributed by atoms with Gasteiger partial charge in [-0.25, -0.2) is 4.39 Å². The first-order chi connectivity index (χ1) is 9.15. The molecule has 1 atom stereocenters. The number of hydrogen-bond donors (Lipinski definition) is 1. The summed E-state index contributed by atoms with van der Waals surface area (Å²) in [7, 11) is 3.33. The lowest BCUT2D eigenvalue weighted by molar-refractivity contribution is 0.386. The lowest BCUT2D eigenvalue weighted by Gasteiger charge is -2.18. The van der Waals surface area contributed by atoms with Crippen molar-refractivity contribution in [2.45, 2.75) is 13.0 Å². The Hall–Kier alpha value is -1.87. The molecule has 2 aromatic carbocycles. The Labute approximate surface area is 113 Å². The molecule has 0 saturated heterocycles. The van der Waals surface area contributed by atoms with E-state index in [4.69, 9.17) is 4.74 Å². The van der Waals surface area contributed by atoms with Gasteiger partial charge in [-0.05, 0) is 37.2 Å². The van der Waals surface area contributed by atoms with Gasteiger partial charge in [-0.1, -0.05) is 35.9 Å². The van der Waals surface area contributed by atoms with Crippen molar-refractivity contribution in [3.05, 3.63) is 65.0 Å². The summed E-state index contributed by atoms with van der Waals surface area (Å²) in [4.78, 5) is 0. The predicted molar refractivity (Wildman–Crippen MR) is 75.0 cm³/mol. The fourth-order valence-corrected chi connectivity index (χ4v) is 2.15. The van der Waals surface area contributed by atoms with Gasteiger partial charge < -0.3 is 10.1 Å². The van der Waals surface area contributed by atoms with Crippen LogP contribution in [0.4, 0.5) is 4.39 Å². The summed E-state index contributed by atoms with van der Waals surface area (Å²) in [6.07, 6.45) is 0. The highest BCUT2D eigenvalue weighted by Gasteiger charge is 2.14. The molecule has 2 aromatic rings. The van der Waals surface area contributed by atoms with Gasteiger partial charge in [0.2, 0.25) is 0 Å². The van der Waals surface area contributed by atoms with Crippen molar-refractivity contribution in [3.8, 4) is 5.75 Å². The number of ether oxygens (including phenoxy) is 1. The van der Waals surface area contributed by atoms with Crippen LogP contribution >= 0.6 is 0 Å². The van der Waals surface area contributed by atoms with Gasteiger partial charge in [-0.15, -0.1) is 0 Å². The van der Waals surface area contributed by atoms with Gasteiger partial charge in [-0.2, -0.15) is 0 Å². The number of benzene rings is 2.